The van der Waals surface area contributed by atoms with Gasteiger partial charge in [-0.15, -0.1) is 0 Å². The van der Waals surface area contributed by atoms with Crippen LogP contribution in [0, 0.1) is 11.8 Å². The molecule has 0 aromatic rings. The van der Waals surface area contributed by atoms with E-state index < -0.39 is 10.0 Å². The number of nitrogens with one attached hydrogen (secondary N) is 2. The van der Waals surface area contributed by atoms with Gasteiger partial charge >= 0.3 is 0 Å². The van der Waals surface area contributed by atoms with E-state index in [-0.39, 0.29) is 0 Å². The van der Waals surface area contributed by atoms with Gasteiger partial charge in [0.25, 0.3) is 0 Å². The average molecular weight is 248 g/mol. The monoisotopic (exact) mass is 248 g/mol. The van der Waals surface area contributed by atoms with Crippen molar-refractivity contribution in [3.8, 4) is 0 Å². The fourth-order valence-electron chi connectivity index (χ4n) is 2.31. The highest BCUT2D eigenvalue weighted by Crippen LogP contribution is 2.28. The molecule has 3 unspecified atom stereocenters. The normalized spacial score (nSPS) is 31.6. The minimum absolute atomic E-state index is 0.483. The second-order valence-corrected chi connectivity index (χ2v) is 6.96. The first kappa shape index (κ1) is 13.9. The summed E-state index contributed by atoms with van der Waals surface area (Å²) in [4.78, 5) is 0. The number of hydrogen-bond donors (Lipinski definition) is 2. The Morgan fingerprint density at radius 2 is 1.88 bits per heavy atom. The Morgan fingerprint density at radius 3 is 2.50 bits per heavy atom. The topological polar surface area (TPSA) is 58.2 Å². The summed E-state index contributed by atoms with van der Waals surface area (Å²) in [5.41, 5.74) is 0. The lowest BCUT2D eigenvalue weighted by atomic mass is 9.80. The molecular weight excluding hydrogens is 224 g/mol. The van der Waals surface area contributed by atoms with Crippen molar-refractivity contribution in [1.29, 1.82) is 0 Å². The van der Waals surface area contributed by atoms with E-state index in [1.165, 1.54) is 25.5 Å². The minimum Gasteiger partial charge on any atom is -0.312 e. The van der Waals surface area contributed by atoms with Crippen LogP contribution in [0.2, 0.25) is 0 Å². The SMILES string of the molecule is CC1CCC(C)C(NCCNS(C)(=O)=O)C1. The van der Waals surface area contributed by atoms with E-state index in [4.69, 9.17) is 0 Å². The molecule has 0 saturated heterocycles. The summed E-state index contributed by atoms with van der Waals surface area (Å²) >= 11 is 0. The van der Waals surface area contributed by atoms with Crippen LogP contribution in [0.4, 0.5) is 0 Å². The van der Waals surface area contributed by atoms with Gasteiger partial charge in [0.2, 0.25) is 10.0 Å². The van der Waals surface area contributed by atoms with Gasteiger partial charge in [-0.1, -0.05) is 20.3 Å². The largest absolute Gasteiger partial charge is 0.312 e. The molecule has 1 aliphatic rings. The lowest BCUT2D eigenvalue weighted by Gasteiger charge is -2.33. The summed E-state index contributed by atoms with van der Waals surface area (Å²) in [7, 11) is -3.04. The van der Waals surface area contributed by atoms with Crippen LogP contribution in [0.5, 0.6) is 0 Å². The molecule has 0 aliphatic heterocycles. The summed E-state index contributed by atoms with van der Waals surface area (Å²) in [6.07, 6.45) is 5.00. The first-order valence-corrected chi connectivity index (χ1v) is 7.95. The first-order valence-electron chi connectivity index (χ1n) is 6.06. The third-order valence-electron chi connectivity index (χ3n) is 3.35. The standard InChI is InChI=1S/C11H24N2O2S/c1-9-4-5-10(2)11(8-9)12-6-7-13-16(3,14)15/h9-13H,4-8H2,1-3H3. The molecule has 1 fully saturated rings. The van der Waals surface area contributed by atoms with Gasteiger partial charge in [0.15, 0.2) is 0 Å². The number of rotatable bonds is 5. The molecule has 0 spiro atoms. The van der Waals surface area contributed by atoms with E-state index in [2.05, 4.69) is 23.9 Å². The van der Waals surface area contributed by atoms with Gasteiger partial charge in [-0.05, 0) is 24.7 Å². The van der Waals surface area contributed by atoms with E-state index in [0.29, 0.717) is 18.5 Å². The van der Waals surface area contributed by atoms with Crippen molar-refractivity contribution in [1.82, 2.24) is 10.0 Å². The molecular formula is C11H24N2O2S. The molecule has 0 amide bonds. The van der Waals surface area contributed by atoms with Crippen molar-refractivity contribution in [2.24, 2.45) is 11.8 Å². The maximum atomic E-state index is 10.9. The molecule has 0 radical (unpaired) electrons. The zero-order valence-corrected chi connectivity index (χ0v) is 11.3. The molecule has 96 valence electrons. The van der Waals surface area contributed by atoms with Crippen molar-refractivity contribution in [2.75, 3.05) is 19.3 Å². The molecule has 5 heteroatoms. The van der Waals surface area contributed by atoms with Crippen LogP contribution in [-0.2, 0) is 10.0 Å². The van der Waals surface area contributed by atoms with Crippen LogP contribution in [0.3, 0.4) is 0 Å². The highest BCUT2D eigenvalue weighted by Gasteiger charge is 2.24. The van der Waals surface area contributed by atoms with Crippen LogP contribution in [0.25, 0.3) is 0 Å². The van der Waals surface area contributed by atoms with Gasteiger partial charge in [0, 0.05) is 19.1 Å². The van der Waals surface area contributed by atoms with Crippen LogP contribution >= 0.6 is 0 Å². The molecule has 1 aliphatic carbocycles. The molecule has 0 aromatic heterocycles. The van der Waals surface area contributed by atoms with Gasteiger partial charge in [0.1, 0.15) is 0 Å². The maximum Gasteiger partial charge on any atom is 0.208 e. The Morgan fingerprint density at radius 1 is 1.19 bits per heavy atom. The van der Waals surface area contributed by atoms with E-state index in [1.807, 2.05) is 0 Å². The maximum absolute atomic E-state index is 10.9. The van der Waals surface area contributed by atoms with Crippen molar-refractivity contribution < 1.29 is 8.42 Å². The Balaban J connectivity index is 2.21. The third kappa shape index (κ3) is 5.27. The predicted octanol–water partition coefficient (Wildman–Crippen LogP) is 0.950. The molecule has 0 aromatic carbocycles. The van der Waals surface area contributed by atoms with Gasteiger partial charge in [-0.25, -0.2) is 13.1 Å². The quantitative estimate of drug-likeness (QED) is 0.712. The van der Waals surface area contributed by atoms with Crippen LogP contribution < -0.4 is 10.0 Å². The van der Waals surface area contributed by atoms with E-state index in [0.717, 1.165) is 12.5 Å². The molecule has 2 N–H and O–H groups in total. The third-order valence-corrected chi connectivity index (χ3v) is 4.08. The van der Waals surface area contributed by atoms with Gasteiger partial charge in [-0.3, -0.25) is 0 Å². The van der Waals surface area contributed by atoms with Crippen LogP contribution in [0.15, 0.2) is 0 Å². The van der Waals surface area contributed by atoms with Crippen molar-refractivity contribution in [3.05, 3.63) is 0 Å². The summed E-state index contributed by atoms with van der Waals surface area (Å²) in [6, 6.07) is 0.546. The molecule has 0 bridgehead atoms. The number of sulfonamides is 1. The van der Waals surface area contributed by atoms with Gasteiger partial charge in [-0.2, -0.15) is 0 Å². The lowest BCUT2D eigenvalue weighted by molar-refractivity contribution is 0.230. The molecule has 16 heavy (non-hydrogen) atoms. The highest BCUT2D eigenvalue weighted by atomic mass is 32.2. The van der Waals surface area contributed by atoms with Crippen LogP contribution in [0.1, 0.15) is 33.1 Å². The van der Waals surface area contributed by atoms with Crippen molar-refractivity contribution >= 4 is 10.0 Å². The summed E-state index contributed by atoms with van der Waals surface area (Å²) in [6.45, 7) is 5.76. The summed E-state index contributed by atoms with van der Waals surface area (Å²) in [5.74, 6) is 1.49. The number of hydrogen-bond acceptors (Lipinski definition) is 3. The van der Waals surface area contributed by atoms with Crippen LogP contribution in [-0.4, -0.2) is 33.8 Å². The van der Waals surface area contributed by atoms with E-state index >= 15 is 0 Å². The fraction of sp³-hybridized carbons (Fsp3) is 1.00. The van der Waals surface area contributed by atoms with Gasteiger partial charge in [0.05, 0.1) is 6.26 Å². The zero-order valence-electron chi connectivity index (χ0n) is 10.5. The van der Waals surface area contributed by atoms with E-state index in [9.17, 15) is 8.42 Å². The average Bonchev–Trinajstić information content (AvgIpc) is 2.16. The minimum atomic E-state index is -3.04. The van der Waals surface area contributed by atoms with Crippen molar-refractivity contribution in [2.45, 2.75) is 39.2 Å². The molecule has 1 rings (SSSR count). The first-order chi connectivity index (χ1) is 7.38. The Hall–Kier alpha value is -0.130. The molecule has 1 saturated carbocycles. The smallest absolute Gasteiger partial charge is 0.208 e. The zero-order chi connectivity index (χ0) is 12.2. The highest BCUT2D eigenvalue weighted by molar-refractivity contribution is 7.88. The molecule has 4 nitrogen and oxygen atoms in total. The summed E-state index contributed by atoms with van der Waals surface area (Å²) < 4.78 is 24.2. The van der Waals surface area contributed by atoms with E-state index in [1.54, 1.807) is 0 Å². The molecule has 0 heterocycles. The Kier molecular flexibility index (Phi) is 5.21. The molecule has 3 atom stereocenters. The predicted molar refractivity (Wildman–Crippen MR) is 66.8 cm³/mol. The summed E-state index contributed by atoms with van der Waals surface area (Å²) in [5, 5.41) is 3.45. The van der Waals surface area contributed by atoms with Crippen molar-refractivity contribution in [3.63, 3.8) is 0 Å². The van der Waals surface area contributed by atoms with Gasteiger partial charge < -0.3 is 5.32 Å². The second kappa shape index (κ2) is 5.98. The second-order valence-electron chi connectivity index (χ2n) is 5.12. The Bertz CT molecular complexity index is 303. The Labute approximate surface area is 99.2 Å². The lowest BCUT2D eigenvalue weighted by Crippen LogP contribution is -2.42. The fourth-order valence-corrected chi connectivity index (χ4v) is 2.78.